The van der Waals surface area contributed by atoms with E-state index < -0.39 is 35.8 Å². The van der Waals surface area contributed by atoms with Gasteiger partial charge in [-0.05, 0) is 0 Å². The fraction of sp³-hybridized carbons (Fsp3) is 1.00. The van der Waals surface area contributed by atoms with Gasteiger partial charge in [0.15, 0.2) is 0 Å². The molecule has 0 heterocycles. The SMILES string of the molecule is C[CH2][Hg][NH][SH](=O)=O. The van der Waals surface area contributed by atoms with Gasteiger partial charge < -0.3 is 0 Å². The Labute approximate surface area is 57.4 Å². The molecular formula is C2H7HgNO2S. The van der Waals surface area contributed by atoms with Crippen molar-refractivity contribution in [3.63, 3.8) is 0 Å². The molecule has 0 aromatic carbocycles. The van der Waals surface area contributed by atoms with Crippen LogP contribution in [0.5, 0.6) is 0 Å². The monoisotopic (exact) mass is 311 g/mol. The molecule has 0 spiro atoms. The van der Waals surface area contributed by atoms with Crippen LogP contribution in [0.4, 0.5) is 0 Å². The Balaban J connectivity index is 2.98. The van der Waals surface area contributed by atoms with Crippen molar-refractivity contribution in [1.82, 2.24) is 2.49 Å². The zero-order valence-corrected chi connectivity index (χ0v) is 10.6. The molecule has 0 aromatic rings. The molecule has 1 N–H and O–H groups in total. The maximum atomic E-state index is 9.74. The van der Waals surface area contributed by atoms with Gasteiger partial charge in [0.1, 0.15) is 0 Å². The average molecular weight is 310 g/mol. The Morgan fingerprint density at radius 2 is 2.29 bits per heavy atom. The predicted molar refractivity (Wildman–Crippen MR) is 23.9 cm³/mol. The van der Waals surface area contributed by atoms with Crippen LogP contribution in [0.3, 0.4) is 0 Å². The molecular weight excluding hydrogens is 303 g/mol. The molecule has 0 aliphatic carbocycles. The summed E-state index contributed by atoms with van der Waals surface area (Å²) in [6.07, 6.45) is 0. The molecule has 0 amide bonds. The second kappa shape index (κ2) is 4.99. The van der Waals surface area contributed by atoms with Gasteiger partial charge in [0, 0.05) is 0 Å². The van der Waals surface area contributed by atoms with Crippen molar-refractivity contribution < 1.29 is 33.3 Å². The van der Waals surface area contributed by atoms with Crippen molar-refractivity contribution in [1.29, 1.82) is 0 Å². The minimum absolute atomic E-state index is 1.07. The third-order valence-electron chi connectivity index (χ3n) is 0.491. The van der Waals surface area contributed by atoms with E-state index in [0.717, 1.165) is 3.93 Å². The first-order chi connectivity index (χ1) is 3.27. The van der Waals surface area contributed by atoms with Gasteiger partial charge in [-0.25, -0.2) is 0 Å². The first-order valence-corrected chi connectivity index (χ1v) is 9.96. The van der Waals surface area contributed by atoms with E-state index in [4.69, 9.17) is 0 Å². The van der Waals surface area contributed by atoms with Crippen LogP contribution in [0.15, 0.2) is 0 Å². The Bertz CT molecular complexity index is 93.9. The summed E-state index contributed by atoms with van der Waals surface area (Å²) in [5.74, 6) is 0. The number of nitrogens with one attached hydrogen (secondary N) is 1. The van der Waals surface area contributed by atoms with Crippen molar-refractivity contribution in [3.05, 3.63) is 0 Å². The molecule has 0 aliphatic heterocycles. The molecule has 0 rings (SSSR count). The number of rotatable bonds is 3. The molecule has 0 aromatic heterocycles. The Hall–Kier alpha value is 0.845. The van der Waals surface area contributed by atoms with E-state index in [1.807, 2.05) is 6.92 Å². The van der Waals surface area contributed by atoms with Crippen LogP contribution in [0, 0.1) is 0 Å². The molecule has 0 radical (unpaired) electrons. The van der Waals surface area contributed by atoms with Crippen LogP contribution in [0.1, 0.15) is 6.92 Å². The molecule has 7 heavy (non-hydrogen) atoms. The minimum atomic E-state index is -2.26. The molecule has 0 atom stereocenters. The average Bonchev–Trinajstić information content (AvgIpc) is 1.61. The van der Waals surface area contributed by atoms with E-state index in [0.29, 0.717) is 0 Å². The Morgan fingerprint density at radius 1 is 1.71 bits per heavy atom. The Kier molecular flexibility index (Phi) is 5.59. The summed E-state index contributed by atoms with van der Waals surface area (Å²) in [6.45, 7) is 2.01. The predicted octanol–water partition coefficient (Wildman–Crippen LogP) is -0.462. The summed E-state index contributed by atoms with van der Waals surface area (Å²) >= 11 is -1.09. The molecule has 0 aliphatic rings. The van der Waals surface area contributed by atoms with Gasteiger partial charge in [0.25, 0.3) is 0 Å². The van der Waals surface area contributed by atoms with Crippen LogP contribution < -0.4 is 2.49 Å². The van der Waals surface area contributed by atoms with E-state index in [1.165, 1.54) is 0 Å². The third kappa shape index (κ3) is 6.85. The van der Waals surface area contributed by atoms with Crippen molar-refractivity contribution in [3.8, 4) is 0 Å². The molecule has 0 unspecified atom stereocenters. The summed E-state index contributed by atoms with van der Waals surface area (Å²) in [5, 5.41) is 0. The second-order valence-corrected chi connectivity index (χ2v) is 11.5. The van der Waals surface area contributed by atoms with Gasteiger partial charge in [-0.1, -0.05) is 0 Å². The second-order valence-electron chi connectivity index (χ2n) is 1.17. The van der Waals surface area contributed by atoms with E-state index in [9.17, 15) is 8.42 Å². The maximum absolute atomic E-state index is 9.74. The van der Waals surface area contributed by atoms with Gasteiger partial charge in [-0.15, -0.1) is 0 Å². The summed E-state index contributed by atoms with van der Waals surface area (Å²) in [4.78, 5) is 0. The molecule has 0 bridgehead atoms. The summed E-state index contributed by atoms with van der Waals surface area (Å²) in [7, 11) is -2.26. The quantitative estimate of drug-likeness (QED) is 0.547. The summed E-state index contributed by atoms with van der Waals surface area (Å²) in [5.41, 5.74) is 0. The fourth-order valence-electron chi connectivity index (χ4n) is 0.203. The van der Waals surface area contributed by atoms with Gasteiger partial charge in [0.05, 0.1) is 0 Å². The topological polar surface area (TPSA) is 46.2 Å². The normalized spacial score (nSPS) is 8.86. The van der Waals surface area contributed by atoms with E-state index in [-0.39, 0.29) is 0 Å². The Morgan fingerprint density at radius 3 is 2.43 bits per heavy atom. The molecule has 0 saturated carbocycles. The number of hydrogen-bond donors (Lipinski definition) is 2. The summed E-state index contributed by atoms with van der Waals surface area (Å²) in [6, 6.07) is 0. The first kappa shape index (κ1) is 7.85. The van der Waals surface area contributed by atoms with E-state index in [1.54, 1.807) is 0 Å². The fourth-order valence-corrected chi connectivity index (χ4v) is 5.35. The van der Waals surface area contributed by atoms with Gasteiger partial charge in [-0.3, -0.25) is 0 Å². The van der Waals surface area contributed by atoms with E-state index in [2.05, 4.69) is 2.49 Å². The number of hydrogen-bond acceptors (Lipinski definition) is 2. The van der Waals surface area contributed by atoms with Crippen molar-refractivity contribution in [2.24, 2.45) is 0 Å². The standard InChI is InChI=1S/C2H5.Hg.H2NO2S/c1-2;;1-4(2)3/h1H2,2H3;;4H,(H-,1,2,3)/q;+1;-1. The molecule has 3 nitrogen and oxygen atoms in total. The summed E-state index contributed by atoms with van der Waals surface area (Å²) < 4.78 is 23.0. The van der Waals surface area contributed by atoms with Crippen LogP contribution in [0.25, 0.3) is 0 Å². The van der Waals surface area contributed by atoms with Crippen LogP contribution in [0.2, 0.25) is 3.93 Å². The van der Waals surface area contributed by atoms with Crippen molar-refractivity contribution in [2.45, 2.75) is 10.9 Å². The zero-order valence-electron chi connectivity index (χ0n) is 4.18. The molecule has 40 valence electrons. The molecule has 0 saturated heterocycles. The number of thiol groups is 1. The van der Waals surface area contributed by atoms with Crippen LogP contribution in [-0.2, 0) is 35.8 Å². The van der Waals surface area contributed by atoms with Gasteiger partial charge in [-0.2, -0.15) is 0 Å². The van der Waals surface area contributed by atoms with E-state index >= 15 is 0 Å². The van der Waals surface area contributed by atoms with Crippen LogP contribution >= 0.6 is 0 Å². The van der Waals surface area contributed by atoms with Crippen molar-refractivity contribution in [2.75, 3.05) is 0 Å². The third-order valence-corrected chi connectivity index (χ3v) is 8.54. The molecule has 5 heteroatoms. The van der Waals surface area contributed by atoms with Crippen molar-refractivity contribution >= 4 is 10.9 Å². The van der Waals surface area contributed by atoms with Gasteiger partial charge >= 0.3 is 57.5 Å². The first-order valence-electron chi connectivity index (χ1n) is 2.15. The van der Waals surface area contributed by atoms with Crippen LogP contribution in [-0.4, -0.2) is 8.42 Å². The molecule has 0 fully saturated rings. The van der Waals surface area contributed by atoms with Gasteiger partial charge in [0.2, 0.25) is 0 Å². The zero-order chi connectivity index (χ0) is 5.70.